The standard InChI is InChI=1S/C15H21ClN2O3/c1-11-3-2-6-15(8-11,10-19)17-9-12-4-5-13(16)7-14(12)18(20)21/h4-5,7,11,17,19H,2-3,6,8-10H2,1H3. The maximum Gasteiger partial charge on any atom is 0.275 e. The number of hydrogen-bond donors (Lipinski definition) is 2. The van der Waals surface area contributed by atoms with E-state index < -0.39 is 4.92 Å². The third-order valence-corrected chi connectivity index (χ3v) is 4.53. The van der Waals surface area contributed by atoms with Gasteiger partial charge >= 0.3 is 0 Å². The average molecular weight is 313 g/mol. The van der Waals surface area contributed by atoms with Crippen molar-refractivity contribution in [3.05, 3.63) is 38.9 Å². The van der Waals surface area contributed by atoms with E-state index in [4.69, 9.17) is 11.6 Å². The lowest BCUT2D eigenvalue weighted by atomic mass is 9.76. The zero-order valence-electron chi connectivity index (χ0n) is 12.1. The van der Waals surface area contributed by atoms with E-state index in [2.05, 4.69) is 12.2 Å². The highest BCUT2D eigenvalue weighted by atomic mass is 35.5. The Labute approximate surface area is 129 Å². The summed E-state index contributed by atoms with van der Waals surface area (Å²) < 4.78 is 0. The molecule has 0 aromatic heterocycles. The molecule has 2 atom stereocenters. The molecule has 0 aliphatic heterocycles. The Kier molecular flexibility index (Phi) is 5.19. The fourth-order valence-electron chi connectivity index (χ4n) is 3.16. The van der Waals surface area contributed by atoms with Crippen LogP contribution in [0.2, 0.25) is 5.02 Å². The van der Waals surface area contributed by atoms with E-state index in [1.54, 1.807) is 12.1 Å². The van der Waals surface area contributed by atoms with Gasteiger partial charge in [-0.05, 0) is 30.9 Å². The molecular formula is C15H21ClN2O3. The second-order valence-corrected chi connectivity index (χ2v) is 6.46. The fourth-order valence-corrected chi connectivity index (χ4v) is 3.33. The highest BCUT2D eigenvalue weighted by Gasteiger charge is 2.34. The number of hydrogen-bond acceptors (Lipinski definition) is 4. The van der Waals surface area contributed by atoms with Crippen LogP contribution in [0.3, 0.4) is 0 Å². The van der Waals surface area contributed by atoms with Gasteiger partial charge in [-0.2, -0.15) is 0 Å². The van der Waals surface area contributed by atoms with Gasteiger partial charge in [0.2, 0.25) is 0 Å². The molecule has 1 saturated carbocycles. The summed E-state index contributed by atoms with van der Waals surface area (Å²) in [5.41, 5.74) is 0.285. The van der Waals surface area contributed by atoms with Crippen molar-refractivity contribution in [1.82, 2.24) is 5.32 Å². The number of nitrogens with one attached hydrogen (secondary N) is 1. The molecule has 21 heavy (non-hydrogen) atoms. The fraction of sp³-hybridized carbons (Fsp3) is 0.600. The largest absolute Gasteiger partial charge is 0.394 e. The van der Waals surface area contributed by atoms with Crippen molar-refractivity contribution in [3.63, 3.8) is 0 Å². The first-order valence-corrected chi connectivity index (χ1v) is 7.62. The predicted molar refractivity (Wildman–Crippen MR) is 82.4 cm³/mol. The minimum Gasteiger partial charge on any atom is -0.394 e. The average Bonchev–Trinajstić information content (AvgIpc) is 2.46. The first-order chi connectivity index (χ1) is 9.96. The second kappa shape index (κ2) is 6.73. The van der Waals surface area contributed by atoms with Gasteiger partial charge in [-0.3, -0.25) is 10.1 Å². The summed E-state index contributed by atoms with van der Waals surface area (Å²) in [6.07, 6.45) is 4.03. The molecule has 1 aromatic carbocycles. The molecule has 0 amide bonds. The van der Waals surface area contributed by atoms with Crippen LogP contribution in [0.1, 0.15) is 38.2 Å². The Morgan fingerprint density at radius 2 is 2.33 bits per heavy atom. The summed E-state index contributed by atoms with van der Waals surface area (Å²) in [5, 5.41) is 24.5. The van der Waals surface area contributed by atoms with Crippen LogP contribution in [-0.2, 0) is 6.54 Å². The molecular weight excluding hydrogens is 292 g/mol. The lowest BCUT2D eigenvalue weighted by molar-refractivity contribution is -0.385. The maximum atomic E-state index is 11.1. The molecule has 5 nitrogen and oxygen atoms in total. The van der Waals surface area contributed by atoms with Crippen molar-refractivity contribution in [2.24, 2.45) is 5.92 Å². The summed E-state index contributed by atoms with van der Waals surface area (Å²) in [4.78, 5) is 10.7. The summed E-state index contributed by atoms with van der Waals surface area (Å²) in [6.45, 7) is 2.59. The highest BCUT2D eigenvalue weighted by molar-refractivity contribution is 6.30. The van der Waals surface area contributed by atoms with Crippen LogP contribution in [0.5, 0.6) is 0 Å². The second-order valence-electron chi connectivity index (χ2n) is 6.02. The van der Waals surface area contributed by atoms with Crippen molar-refractivity contribution in [3.8, 4) is 0 Å². The Morgan fingerprint density at radius 1 is 1.57 bits per heavy atom. The number of aliphatic hydroxyl groups is 1. The van der Waals surface area contributed by atoms with E-state index in [9.17, 15) is 15.2 Å². The summed E-state index contributed by atoms with van der Waals surface area (Å²) in [7, 11) is 0. The van der Waals surface area contributed by atoms with Gasteiger partial charge in [0, 0.05) is 28.7 Å². The lowest BCUT2D eigenvalue weighted by Gasteiger charge is -2.39. The van der Waals surface area contributed by atoms with Crippen molar-refractivity contribution in [2.75, 3.05) is 6.61 Å². The number of aliphatic hydroxyl groups excluding tert-OH is 1. The van der Waals surface area contributed by atoms with Crippen molar-refractivity contribution < 1.29 is 10.0 Å². The van der Waals surface area contributed by atoms with Crippen molar-refractivity contribution >= 4 is 17.3 Å². The van der Waals surface area contributed by atoms with Gasteiger partial charge in [-0.1, -0.05) is 31.4 Å². The highest BCUT2D eigenvalue weighted by Crippen LogP contribution is 2.33. The maximum absolute atomic E-state index is 11.1. The zero-order valence-corrected chi connectivity index (χ0v) is 12.9. The Hall–Kier alpha value is -1.17. The number of nitrogens with zero attached hydrogens (tertiary/aromatic N) is 1. The van der Waals surface area contributed by atoms with Gasteiger partial charge in [0.25, 0.3) is 5.69 Å². The number of nitro benzene ring substituents is 1. The number of halogens is 1. The first kappa shape index (κ1) is 16.2. The number of rotatable bonds is 5. The quantitative estimate of drug-likeness (QED) is 0.646. The molecule has 0 spiro atoms. The molecule has 6 heteroatoms. The number of nitro groups is 1. The Morgan fingerprint density at radius 3 is 2.95 bits per heavy atom. The van der Waals surface area contributed by atoms with Gasteiger partial charge in [-0.25, -0.2) is 0 Å². The molecule has 2 unspecified atom stereocenters. The Balaban J connectivity index is 2.13. The van der Waals surface area contributed by atoms with Crippen LogP contribution in [0.15, 0.2) is 18.2 Å². The topological polar surface area (TPSA) is 75.4 Å². The molecule has 116 valence electrons. The molecule has 1 aromatic rings. The third-order valence-electron chi connectivity index (χ3n) is 4.29. The van der Waals surface area contributed by atoms with Gasteiger partial charge in [0.1, 0.15) is 0 Å². The zero-order chi connectivity index (χ0) is 15.5. The molecule has 2 N–H and O–H groups in total. The van der Waals surface area contributed by atoms with E-state index in [1.165, 1.54) is 12.5 Å². The van der Waals surface area contributed by atoms with Crippen LogP contribution in [-0.4, -0.2) is 22.2 Å². The van der Waals surface area contributed by atoms with Crippen LogP contribution < -0.4 is 5.32 Å². The third kappa shape index (κ3) is 3.93. The molecule has 0 bridgehead atoms. The van der Waals surface area contributed by atoms with Gasteiger partial charge < -0.3 is 10.4 Å². The summed E-state index contributed by atoms with van der Waals surface area (Å²) in [5.74, 6) is 0.554. The molecule has 0 heterocycles. The first-order valence-electron chi connectivity index (χ1n) is 7.24. The minimum absolute atomic E-state index is 0.0203. The molecule has 0 radical (unpaired) electrons. The molecule has 2 rings (SSSR count). The monoisotopic (exact) mass is 312 g/mol. The number of benzene rings is 1. The van der Waals surface area contributed by atoms with E-state index in [-0.39, 0.29) is 17.8 Å². The molecule has 1 aliphatic rings. The van der Waals surface area contributed by atoms with Crippen LogP contribution in [0.4, 0.5) is 5.69 Å². The van der Waals surface area contributed by atoms with Crippen molar-refractivity contribution in [1.29, 1.82) is 0 Å². The normalized spacial score (nSPS) is 25.8. The molecule has 0 saturated heterocycles. The van der Waals surface area contributed by atoms with E-state index in [0.29, 0.717) is 23.0 Å². The van der Waals surface area contributed by atoms with Gasteiger partial charge in [-0.15, -0.1) is 0 Å². The summed E-state index contributed by atoms with van der Waals surface area (Å²) >= 11 is 5.82. The Bertz CT molecular complexity index is 524. The SMILES string of the molecule is CC1CCCC(CO)(NCc2ccc(Cl)cc2[N+](=O)[O-])C1. The van der Waals surface area contributed by atoms with Crippen molar-refractivity contribution in [2.45, 2.75) is 44.7 Å². The molecule has 1 aliphatic carbocycles. The van der Waals surface area contributed by atoms with Crippen LogP contribution >= 0.6 is 11.6 Å². The van der Waals surface area contributed by atoms with E-state index in [1.807, 2.05) is 0 Å². The van der Waals surface area contributed by atoms with Crippen LogP contribution in [0.25, 0.3) is 0 Å². The lowest BCUT2D eigenvalue weighted by Crippen LogP contribution is -2.51. The van der Waals surface area contributed by atoms with Gasteiger partial charge in [0.05, 0.1) is 11.5 Å². The van der Waals surface area contributed by atoms with Gasteiger partial charge in [0.15, 0.2) is 0 Å². The van der Waals surface area contributed by atoms with Crippen LogP contribution in [0, 0.1) is 16.0 Å². The summed E-state index contributed by atoms with van der Waals surface area (Å²) in [6, 6.07) is 4.69. The minimum atomic E-state index is -0.419. The smallest absolute Gasteiger partial charge is 0.275 e. The predicted octanol–water partition coefficient (Wildman–Crippen LogP) is 3.28. The van der Waals surface area contributed by atoms with E-state index >= 15 is 0 Å². The van der Waals surface area contributed by atoms with E-state index in [0.717, 1.165) is 19.3 Å². The molecule has 1 fully saturated rings.